The van der Waals surface area contributed by atoms with Gasteiger partial charge in [-0.25, -0.2) is 0 Å². The molecule has 0 spiro atoms. The number of carbonyl (C=O) groups is 1. The highest BCUT2D eigenvalue weighted by molar-refractivity contribution is 5.78. The van der Waals surface area contributed by atoms with Gasteiger partial charge in [-0.3, -0.25) is 4.79 Å². The standard InChI is InChI=1S/C21H43NO5.2C2H6/c1-7-9-11-24-14-20(23)22-21(15-25-10-8-2,16-26-12-18(3)4)17-27-13-19(5)6;2*1-2/h18-19H,7-17H2,1-6H3,(H,22,23);2*1-2H3. The summed E-state index contributed by atoms with van der Waals surface area (Å²) in [6, 6.07) is 0. The predicted molar refractivity (Wildman–Crippen MR) is 132 cm³/mol. The van der Waals surface area contributed by atoms with Crippen molar-refractivity contribution >= 4 is 5.91 Å². The summed E-state index contributed by atoms with van der Waals surface area (Å²) >= 11 is 0. The molecule has 0 aromatic carbocycles. The first-order valence-electron chi connectivity index (χ1n) is 12.5. The summed E-state index contributed by atoms with van der Waals surface area (Å²) in [6.07, 6.45) is 2.92. The molecule has 0 aliphatic carbocycles. The fourth-order valence-electron chi connectivity index (χ4n) is 2.37. The molecule has 6 heteroatoms. The molecule has 0 rings (SSSR count). The van der Waals surface area contributed by atoms with E-state index >= 15 is 0 Å². The molecule has 0 aromatic heterocycles. The van der Waals surface area contributed by atoms with Crippen molar-refractivity contribution in [3.05, 3.63) is 0 Å². The normalized spacial score (nSPS) is 11.0. The lowest BCUT2D eigenvalue weighted by atomic mass is 10.0. The maximum atomic E-state index is 12.4. The number of ether oxygens (including phenoxy) is 4. The highest BCUT2D eigenvalue weighted by Crippen LogP contribution is 2.11. The Labute approximate surface area is 194 Å². The van der Waals surface area contributed by atoms with Crippen molar-refractivity contribution in [1.29, 1.82) is 0 Å². The molecule has 190 valence electrons. The van der Waals surface area contributed by atoms with Crippen LogP contribution in [0.1, 0.15) is 88.5 Å². The van der Waals surface area contributed by atoms with E-state index in [0.29, 0.717) is 58.1 Å². The van der Waals surface area contributed by atoms with Crippen LogP contribution >= 0.6 is 0 Å². The third kappa shape index (κ3) is 23.8. The molecule has 0 unspecified atom stereocenters. The minimum Gasteiger partial charge on any atom is -0.379 e. The Morgan fingerprint density at radius 1 is 0.742 bits per heavy atom. The van der Waals surface area contributed by atoms with Crippen LogP contribution in [0.4, 0.5) is 0 Å². The molecule has 0 saturated heterocycles. The predicted octanol–water partition coefficient (Wildman–Crippen LogP) is 5.48. The van der Waals surface area contributed by atoms with E-state index < -0.39 is 5.54 Å². The molecule has 0 saturated carbocycles. The van der Waals surface area contributed by atoms with Crippen LogP contribution in [0.25, 0.3) is 0 Å². The first-order valence-corrected chi connectivity index (χ1v) is 12.5. The molecular weight excluding hydrogens is 394 g/mol. The van der Waals surface area contributed by atoms with Crippen LogP contribution in [0, 0.1) is 11.8 Å². The van der Waals surface area contributed by atoms with Gasteiger partial charge in [-0.2, -0.15) is 0 Å². The largest absolute Gasteiger partial charge is 0.379 e. The van der Waals surface area contributed by atoms with Crippen molar-refractivity contribution in [2.24, 2.45) is 11.8 Å². The Morgan fingerprint density at radius 3 is 1.65 bits per heavy atom. The molecule has 0 bridgehead atoms. The zero-order chi connectivity index (χ0) is 24.5. The molecule has 31 heavy (non-hydrogen) atoms. The summed E-state index contributed by atoms with van der Waals surface area (Å²) in [5, 5.41) is 3.07. The maximum Gasteiger partial charge on any atom is 0.246 e. The van der Waals surface area contributed by atoms with Crippen LogP contribution in [0.5, 0.6) is 0 Å². The van der Waals surface area contributed by atoms with Crippen LogP contribution in [-0.2, 0) is 23.7 Å². The van der Waals surface area contributed by atoms with E-state index in [9.17, 15) is 4.79 Å². The maximum absolute atomic E-state index is 12.4. The summed E-state index contributed by atoms with van der Waals surface area (Å²) in [5.74, 6) is 0.681. The molecule has 0 radical (unpaired) electrons. The first kappa shape index (κ1) is 34.9. The van der Waals surface area contributed by atoms with Gasteiger partial charge >= 0.3 is 0 Å². The Bertz CT molecular complexity index is 348. The van der Waals surface area contributed by atoms with Gasteiger partial charge in [-0.05, 0) is 24.7 Å². The van der Waals surface area contributed by atoms with E-state index in [1.54, 1.807) is 0 Å². The van der Waals surface area contributed by atoms with Crippen LogP contribution in [0.3, 0.4) is 0 Å². The van der Waals surface area contributed by atoms with E-state index in [4.69, 9.17) is 18.9 Å². The minimum atomic E-state index is -0.704. The zero-order valence-electron chi connectivity index (χ0n) is 22.5. The Morgan fingerprint density at radius 2 is 1.23 bits per heavy atom. The van der Waals surface area contributed by atoms with E-state index in [2.05, 4.69) is 46.9 Å². The second-order valence-corrected chi connectivity index (χ2v) is 8.11. The van der Waals surface area contributed by atoms with Crippen molar-refractivity contribution in [2.45, 2.75) is 94.0 Å². The van der Waals surface area contributed by atoms with Gasteiger partial charge in [0, 0.05) is 26.4 Å². The monoisotopic (exact) mass is 449 g/mol. The molecule has 0 heterocycles. The Kier molecular flexibility index (Phi) is 28.8. The quantitative estimate of drug-likeness (QED) is 0.281. The number of hydrogen-bond acceptors (Lipinski definition) is 5. The van der Waals surface area contributed by atoms with Gasteiger partial charge in [0.2, 0.25) is 5.91 Å². The average Bonchev–Trinajstić information content (AvgIpc) is 2.74. The number of hydrogen-bond donors (Lipinski definition) is 1. The number of amides is 1. The third-order valence-corrected chi connectivity index (χ3v) is 3.67. The van der Waals surface area contributed by atoms with Gasteiger partial charge in [0.05, 0.1) is 19.8 Å². The zero-order valence-corrected chi connectivity index (χ0v) is 22.5. The highest BCUT2D eigenvalue weighted by Gasteiger charge is 2.34. The molecule has 1 amide bonds. The van der Waals surface area contributed by atoms with Crippen molar-refractivity contribution in [3.8, 4) is 0 Å². The summed E-state index contributed by atoms with van der Waals surface area (Å²) in [5.41, 5.74) is -0.704. The minimum absolute atomic E-state index is 0.0455. The fourth-order valence-corrected chi connectivity index (χ4v) is 2.37. The van der Waals surface area contributed by atoms with Crippen molar-refractivity contribution in [2.75, 3.05) is 52.9 Å². The topological polar surface area (TPSA) is 66.0 Å². The molecule has 0 atom stereocenters. The first-order chi connectivity index (χ1) is 14.8. The van der Waals surface area contributed by atoms with Gasteiger partial charge in [0.25, 0.3) is 0 Å². The second-order valence-electron chi connectivity index (χ2n) is 8.11. The smallest absolute Gasteiger partial charge is 0.246 e. The summed E-state index contributed by atoms with van der Waals surface area (Å²) in [4.78, 5) is 12.4. The molecule has 0 aliphatic rings. The molecule has 0 aromatic rings. The van der Waals surface area contributed by atoms with E-state index in [0.717, 1.165) is 19.3 Å². The van der Waals surface area contributed by atoms with Gasteiger partial charge in [0.15, 0.2) is 0 Å². The number of nitrogens with one attached hydrogen (secondary N) is 1. The molecule has 6 nitrogen and oxygen atoms in total. The average molecular weight is 450 g/mol. The molecular formula is C25H55NO5. The summed E-state index contributed by atoms with van der Waals surface area (Å²) in [7, 11) is 0. The Hall–Kier alpha value is -0.690. The number of carbonyl (C=O) groups excluding carboxylic acids is 1. The van der Waals surface area contributed by atoms with Gasteiger partial charge < -0.3 is 24.3 Å². The second kappa shape index (κ2) is 25.6. The molecule has 0 fully saturated rings. The number of unbranched alkanes of at least 4 members (excludes halogenated alkanes) is 1. The van der Waals surface area contributed by atoms with Gasteiger partial charge in [-0.1, -0.05) is 75.7 Å². The summed E-state index contributed by atoms with van der Waals surface area (Å²) in [6.45, 7) is 24.2. The van der Waals surface area contributed by atoms with Crippen LogP contribution in [0.15, 0.2) is 0 Å². The van der Waals surface area contributed by atoms with Gasteiger partial charge in [0.1, 0.15) is 12.1 Å². The van der Waals surface area contributed by atoms with Crippen molar-refractivity contribution < 1.29 is 23.7 Å². The molecule has 0 aliphatic heterocycles. The lowest BCUT2D eigenvalue weighted by Gasteiger charge is -2.34. The summed E-state index contributed by atoms with van der Waals surface area (Å²) < 4.78 is 23.0. The third-order valence-electron chi connectivity index (χ3n) is 3.67. The SMILES string of the molecule is CC.CC.CCCCOCC(=O)NC(COCCC)(COCC(C)C)COCC(C)C. The van der Waals surface area contributed by atoms with E-state index in [1.165, 1.54) is 0 Å². The molecule has 1 N–H and O–H groups in total. The lowest BCUT2D eigenvalue weighted by molar-refractivity contribution is -0.132. The van der Waals surface area contributed by atoms with E-state index in [-0.39, 0.29) is 12.5 Å². The highest BCUT2D eigenvalue weighted by atomic mass is 16.5. The van der Waals surface area contributed by atoms with Crippen LogP contribution in [-0.4, -0.2) is 64.3 Å². The van der Waals surface area contributed by atoms with Crippen LogP contribution in [0.2, 0.25) is 0 Å². The fraction of sp³-hybridized carbons (Fsp3) is 0.960. The van der Waals surface area contributed by atoms with Crippen LogP contribution < -0.4 is 5.32 Å². The van der Waals surface area contributed by atoms with Crippen molar-refractivity contribution in [1.82, 2.24) is 5.32 Å². The van der Waals surface area contributed by atoms with Crippen molar-refractivity contribution in [3.63, 3.8) is 0 Å². The number of rotatable bonds is 18. The van der Waals surface area contributed by atoms with E-state index in [1.807, 2.05) is 27.7 Å². The Balaban J connectivity index is -0.00000184. The van der Waals surface area contributed by atoms with Gasteiger partial charge in [-0.15, -0.1) is 0 Å². The lowest BCUT2D eigenvalue weighted by Crippen LogP contribution is -2.59.